The van der Waals surface area contributed by atoms with E-state index in [1.807, 2.05) is 0 Å². The smallest absolute Gasteiger partial charge is 0.422 e. The molecular weight excluding hydrogens is 195 g/mol. The number of alkyl halides is 3. The third-order valence-electron chi connectivity index (χ3n) is 1.46. The van der Waals surface area contributed by atoms with E-state index >= 15 is 0 Å². The van der Waals surface area contributed by atoms with Gasteiger partial charge in [0.1, 0.15) is 5.75 Å². The molecule has 0 aromatic carbocycles. The summed E-state index contributed by atoms with van der Waals surface area (Å²) in [7, 11) is 0. The summed E-state index contributed by atoms with van der Waals surface area (Å²) in [6.07, 6.45) is -1.30. The third-order valence-corrected chi connectivity index (χ3v) is 1.46. The molecule has 0 fully saturated rings. The highest BCUT2D eigenvalue weighted by Gasteiger charge is 2.28. The lowest BCUT2D eigenvalue weighted by atomic mass is 10.3. The number of nitrogens with zero attached hydrogens (tertiary/aromatic N) is 1. The van der Waals surface area contributed by atoms with Gasteiger partial charge < -0.3 is 4.74 Å². The van der Waals surface area contributed by atoms with E-state index < -0.39 is 12.8 Å². The number of ether oxygens (including phenoxy) is 1. The van der Waals surface area contributed by atoms with Crippen molar-refractivity contribution in [1.82, 2.24) is 4.98 Å². The highest BCUT2D eigenvalue weighted by Crippen LogP contribution is 2.17. The summed E-state index contributed by atoms with van der Waals surface area (Å²) in [5.74, 6) is 0.118. The molecule has 0 unspecified atom stereocenters. The van der Waals surface area contributed by atoms with E-state index in [9.17, 15) is 13.2 Å². The zero-order chi connectivity index (χ0) is 10.6. The minimum absolute atomic E-state index is 0.118. The first kappa shape index (κ1) is 10.8. The maximum Gasteiger partial charge on any atom is 0.422 e. The summed E-state index contributed by atoms with van der Waals surface area (Å²) in [5, 5.41) is 0. The monoisotopic (exact) mass is 204 g/mol. The van der Waals surface area contributed by atoms with Crippen molar-refractivity contribution in [3.8, 4) is 5.75 Å². The molecule has 0 saturated heterocycles. The van der Waals surface area contributed by atoms with Gasteiger partial charge in [-0.05, 0) is 12.1 Å². The Kier molecular flexibility index (Phi) is 3.33. The van der Waals surface area contributed by atoms with Crippen LogP contribution in [-0.4, -0.2) is 17.8 Å². The van der Waals surface area contributed by atoms with Crippen LogP contribution >= 0.6 is 0 Å². The molecule has 77 valence electrons. The molecule has 14 heavy (non-hydrogen) atoms. The number of hydrogen-bond donors (Lipinski definition) is 0. The van der Waals surface area contributed by atoms with Gasteiger partial charge in [0, 0.05) is 12.1 Å². The molecule has 0 N–H and O–H groups in total. The molecule has 1 radical (unpaired) electrons. The standard InChI is InChI=1S/C9H9F3NO/c1-2-7-3-4-8(5-13-7)14-6-9(10,11)12/h2-5H,6H2,1H3. The molecule has 5 heteroatoms. The second-order valence-corrected chi connectivity index (χ2v) is 2.61. The molecule has 0 aliphatic rings. The van der Waals surface area contributed by atoms with E-state index in [-0.39, 0.29) is 5.75 Å². The zero-order valence-corrected chi connectivity index (χ0v) is 7.51. The first-order chi connectivity index (χ1) is 6.51. The van der Waals surface area contributed by atoms with Crippen LogP contribution in [-0.2, 0) is 0 Å². The van der Waals surface area contributed by atoms with Crippen molar-refractivity contribution >= 4 is 0 Å². The lowest BCUT2D eigenvalue weighted by Crippen LogP contribution is -2.19. The maximum absolute atomic E-state index is 11.7. The minimum Gasteiger partial charge on any atom is -0.483 e. The van der Waals surface area contributed by atoms with E-state index in [1.165, 1.54) is 12.3 Å². The van der Waals surface area contributed by atoms with Crippen LogP contribution in [0.1, 0.15) is 12.6 Å². The lowest BCUT2D eigenvalue weighted by Gasteiger charge is -2.08. The molecule has 0 saturated carbocycles. The minimum atomic E-state index is -4.31. The molecule has 1 aromatic rings. The molecular formula is C9H9F3NO. The normalized spacial score (nSPS) is 11.4. The fourth-order valence-corrected chi connectivity index (χ4v) is 0.813. The summed E-state index contributed by atoms with van der Waals surface area (Å²) in [5.41, 5.74) is 0.698. The third kappa shape index (κ3) is 3.64. The number of hydrogen-bond acceptors (Lipinski definition) is 2. The predicted octanol–water partition coefficient (Wildman–Crippen LogP) is 2.59. The molecule has 0 aliphatic carbocycles. The van der Waals surface area contributed by atoms with E-state index in [2.05, 4.69) is 9.72 Å². The molecule has 0 spiro atoms. The zero-order valence-electron chi connectivity index (χ0n) is 7.51. The van der Waals surface area contributed by atoms with Gasteiger partial charge in [0.25, 0.3) is 0 Å². The van der Waals surface area contributed by atoms with Gasteiger partial charge in [0.2, 0.25) is 0 Å². The van der Waals surface area contributed by atoms with Crippen molar-refractivity contribution in [1.29, 1.82) is 0 Å². The van der Waals surface area contributed by atoms with Crippen LogP contribution in [0.25, 0.3) is 0 Å². The van der Waals surface area contributed by atoms with E-state index in [1.54, 1.807) is 19.4 Å². The van der Waals surface area contributed by atoms with Crippen molar-refractivity contribution in [2.24, 2.45) is 0 Å². The van der Waals surface area contributed by atoms with Gasteiger partial charge >= 0.3 is 6.18 Å². The Bertz CT molecular complexity index is 281. The van der Waals surface area contributed by atoms with E-state index in [0.717, 1.165) is 0 Å². The first-order valence-corrected chi connectivity index (χ1v) is 3.96. The Hall–Kier alpha value is -1.26. The van der Waals surface area contributed by atoms with Gasteiger partial charge in [-0.2, -0.15) is 13.2 Å². The highest BCUT2D eigenvalue weighted by atomic mass is 19.4. The summed E-state index contributed by atoms with van der Waals surface area (Å²) < 4.78 is 39.7. The Morgan fingerprint density at radius 1 is 1.43 bits per heavy atom. The number of aromatic nitrogens is 1. The number of pyridine rings is 1. The van der Waals surface area contributed by atoms with E-state index in [0.29, 0.717) is 5.69 Å². The lowest BCUT2D eigenvalue weighted by molar-refractivity contribution is -0.153. The van der Waals surface area contributed by atoms with Gasteiger partial charge in [0.15, 0.2) is 6.61 Å². The average Bonchev–Trinajstić information content (AvgIpc) is 2.14. The van der Waals surface area contributed by atoms with Crippen LogP contribution < -0.4 is 4.74 Å². The molecule has 0 bridgehead atoms. The Morgan fingerprint density at radius 3 is 2.57 bits per heavy atom. The van der Waals surface area contributed by atoms with Gasteiger partial charge in [-0.3, -0.25) is 4.98 Å². The van der Waals surface area contributed by atoms with Crippen molar-refractivity contribution in [2.75, 3.05) is 6.61 Å². The van der Waals surface area contributed by atoms with Crippen molar-refractivity contribution < 1.29 is 17.9 Å². The second-order valence-electron chi connectivity index (χ2n) is 2.61. The SMILES string of the molecule is C[CH]c1ccc(OCC(F)(F)F)cn1. The Balaban J connectivity index is 2.52. The topological polar surface area (TPSA) is 22.1 Å². The second kappa shape index (κ2) is 4.30. The molecule has 2 nitrogen and oxygen atoms in total. The van der Waals surface area contributed by atoms with Crippen molar-refractivity contribution in [2.45, 2.75) is 13.1 Å². The Labute approximate surface area is 79.7 Å². The molecule has 1 rings (SSSR count). The predicted molar refractivity (Wildman–Crippen MR) is 44.9 cm³/mol. The highest BCUT2D eigenvalue weighted by molar-refractivity contribution is 5.22. The molecule has 1 heterocycles. The number of halogens is 3. The van der Waals surface area contributed by atoms with Crippen LogP contribution in [0.15, 0.2) is 18.3 Å². The van der Waals surface area contributed by atoms with Crippen LogP contribution in [0.3, 0.4) is 0 Å². The van der Waals surface area contributed by atoms with Gasteiger partial charge in [-0.15, -0.1) is 0 Å². The average molecular weight is 204 g/mol. The fraction of sp³-hybridized carbons (Fsp3) is 0.333. The molecule has 0 atom stereocenters. The van der Waals surface area contributed by atoms with Gasteiger partial charge in [0.05, 0.1) is 6.20 Å². The van der Waals surface area contributed by atoms with Crippen LogP contribution in [0, 0.1) is 6.42 Å². The van der Waals surface area contributed by atoms with Gasteiger partial charge in [-0.25, -0.2) is 0 Å². The maximum atomic E-state index is 11.7. The van der Waals surface area contributed by atoms with Gasteiger partial charge in [-0.1, -0.05) is 6.92 Å². The molecule has 0 aliphatic heterocycles. The quantitative estimate of drug-likeness (QED) is 0.754. The molecule has 0 amide bonds. The fourth-order valence-electron chi connectivity index (χ4n) is 0.813. The summed E-state index contributed by atoms with van der Waals surface area (Å²) in [6, 6.07) is 3.04. The van der Waals surface area contributed by atoms with Crippen LogP contribution in [0.2, 0.25) is 0 Å². The van der Waals surface area contributed by atoms with Crippen molar-refractivity contribution in [3.05, 3.63) is 30.4 Å². The number of rotatable bonds is 3. The Morgan fingerprint density at radius 2 is 2.14 bits per heavy atom. The van der Waals surface area contributed by atoms with Crippen LogP contribution in [0.4, 0.5) is 13.2 Å². The summed E-state index contributed by atoms with van der Waals surface area (Å²) in [6.45, 7) is 0.502. The van der Waals surface area contributed by atoms with Crippen molar-refractivity contribution in [3.63, 3.8) is 0 Å². The largest absolute Gasteiger partial charge is 0.483 e. The van der Waals surface area contributed by atoms with E-state index in [4.69, 9.17) is 0 Å². The van der Waals surface area contributed by atoms with Crippen LogP contribution in [0.5, 0.6) is 5.75 Å². The molecule has 1 aromatic heterocycles. The first-order valence-electron chi connectivity index (χ1n) is 3.96. The summed E-state index contributed by atoms with van der Waals surface area (Å²) >= 11 is 0. The summed E-state index contributed by atoms with van der Waals surface area (Å²) in [4.78, 5) is 3.85.